The van der Waals surface area contributed by atoms with Crippen LogP contribution in [0, 0.1) is 12.8 Å². The number of hydrogen-bond donors (Lipinski definition) is 1. The Kier molecular flexibility index (Phi) is 3.50. The molecule has 0 radical (unpaired) electrons. The van der Waals surface area contributed by atoms with Gasteiger partial charge >= 0.3 is 0 Å². The van der Waals surface area contributed by atoms with E-state index in [1.165, 1.54) is 5.56 Å². The predicted octanol–water partition coefficient (Wildman–Crippen LogP) is 2.33. The fraction of sp³-hybridized carbons (Fsp3) is 0.583. The van der Waals surface area contributed by atoms with Gasteiger partial charge in [-0.2, -0.15) is 0 Å². The van der Waals surface area contributed by atoms with Crippen molar-refractivity contribution in [3.8, 4) is 0 Å². The van der Waals surface area contributed by atoms with Gasteiger partial charge in [-0.1, -0.05) is 6.92 Å². The maximum Gasteiger partial charge on any atom is 0.128 e. The highest BCUT2D eigenvalue weighted by molar-refractivity contribution is 9.10. The van der Waals surface area contributed by atoms with Crippen molar-refractivity contribution in [2.45, 2.75) is 26.3 Å². The molecule has 1 aliphatic heterocycles. The molecule has 1 aromatic rings. The third-order valence-corrected chi connectivity index (χ3v) is 4.20. The van der Waals surface area contributed by atoms with E-state index in [9.17, 15) is 0 Å². The van der Waals surface area contributed by atoms with Gasteiger partial charge in [-0.05, 0) is 46.8 Å². The van der Waals surface area contributed by atoms with E-state index in [4.69, 9.17) is 5.73 Å². The van der Waals surface area contributed by atoms with Crippen LogP contribution in [-0.2, 0) is 0 Å². The molecule has 2 atom stereocenters. The van der Waals surface area contributed by atoms with Gasteiger partial charge in [0.25, 0.3) is 0 Å². The number of hydrogen-bond acceptors (Lipinski definition) is 3. The monoisotopic (exact) mass is 283 g/mol. The molecule has 1 fully saturated rings. The molecule has 0 saturated carbocycles. The average molecular weight is 284 g/mol. The molecule has 1 aliphatic rings. The molecule has 1 saturated heterocycles. The summed E-state index contributed by atoms with van der Waals surface area (Å²) in [6.45, 7) is 6.28. The van der Waals surface area contributed by atoms with Crippen LogP contribution in [0.3, 0.4) is 0 Å². The topological polar surface area (TPSA) is 42.1 Å². The molecule has 3 nitrogen and oxygen atoms in total. The Labute approximate surface area is 105 Å². The summed E-state index contributed by atoms with van der Waals surface area (Å²) >= 11 is 3.47. The fourth-order valence-corrected chi connectivity index (χ4v) is 2.22. The number of rotatable bonds is 1. The Hall–Kier alpha value is -0.610. The summed E-state index contributed by atoms with van der Waals surface area (Å²) in [5.74, 6) is 1.66. The third-order valence-electron chi connectivity index (χ3n) is 3.37. The smallest absolute Gasteiger partial charge is 0.128 e. The summed E-state index contributed by atoms with van der Waals surface area (Å²) in [4.78, 5) is 6.73. The average Bonchev–Trinajstić information content (AvgIpc) is 2.26. The molecule has 16 heavy (non-hydrogen) atoms. The Morgan fingerprint density at radius 2 is 2.31 bits per heavy atom. The second-order valence-electron chi connectivity index (χ2n) is 4.67. The minimum atomic E-state index is 0.263. The molecule has 1 aromatic heterocycles. The largest absolute Gasteiger partial charge is 0.355 e. The Bertz CT molecular complexity index is 381. The molecule has 0 aromatic carbocycles. The molecule has 2 heterocycles. The molecule has 2 rings (SSSR count). The van der Waals surface area contributed by atoms with Crippen LogP contribution < -0.4 is 10.6 Å². The first-order valence-electron chi connectivity index (χ1n) is 5.70. The molecule has 4 heteroatoms. The van der Waals surface area contributed by atoms with Crippen LogP contribution in [0.4, 0.5) is 5.82 Å². The zero-order chi connectivity index (χ0) is 11.7. The number of halogens is 1. The van der Waals surface area contributed by atoms with Gasteiger partial charge in [0.05, 0.1) is 0 Å². The van der Waals surface area contributed by atoms with Gasteiger partial charge < -0.3 is 10.6 Å². The van der Waals surface area contributed by atoms with Crippen molar-refractivity contribution in [3.05, 3.63) is 22.3 Å². The van der Waals surface area contributed by atoms with Gasteiger partial charge in [0.1, 0.15) is 5.82 Å². The third kappa shape index (κ3) is 2.38. The van der Waals surface area contributed by atoms with Crippen molar-refractivity contribution in [1.29, 1.82) is 0 Å². The van der Waals surface area contributed by atoms with E-state index >= 15 is 0 Å². The maximum absolute atomic E-state index is 6.10. The van der Waals surface area contributed by atoms with Gasteiger partial charge in [-0.15, -0.1) is 0 Å². The first kappa shape index (κ1) is 11.9. The van der Waals surface area contributed by atoms with E-state index in [0.717, 1.165) is 29.8 Å². The first-order chi connectivity index (χ1) is 7.58. The zero-order valence-electron chi connectivity index (χ0n) is 9.78. The zero-order valence-corrected chi connectivity index (χ0v) is 11.4. The van der Waals surface area contributed by atoms with E-state index in [-0.39, 0.29) is 6.04 Å². The van der Waals surface area contributed by atoms with Crippen LogP contribution >= 0.6 is 15.9 Å². The lowest BCUT2D eigenvalue weighted by atomic mass is 9.94. The molecule has 2 N–H and O–H groups in total. The van der Waals surface area contributed by atoms with E-state index in [0.29, 0.717) is 5.92 Å². The lowest BCUT2D eigenvalue weighted by Gasteiger charge is -2.35. The van der Waals surface area contributed by atoms with Crippen LogP contribution in [0.1, 0.15) is 18.9 Å². The number of aryl methyl sites for hydroxylation is 1. The Balaban J connectivity index is 2.15. The second-order valence-corrected chi connectivity index (χ2v) is 5.52. The van der Waals surface area contributed by atoms with Crippen molar-refractivity contribution >= 4 is 21.7 Å². The highest BCUT2D eigenvalue weighted by atomic mass is 79.9. The molecule has 0 spiro atoms. The standard InChI is InChI=1S/C12H18BrN3/c1-8-3-4-16(7-11(8)14)12-5-9(2)10(13)6-15-12/h5-6,8,11H,3-4,7,14H2,1-2H3. The van der Waals surface area contributed by atoms with E-state index in [1.807, 2.05) is 6.20 Å². The molecule has 0 aliphatic carbocycles. The van der Waals surface area contributed by atoms with Crippen molar-refractivity contribution in [2.24, 2.45) is 11.7 Å². The summed E-state index contributed by atoms with van der Waals surface area (Å²) in [5, 5.41) is 0. The Morgan fingerprint density at radius 3 is 2.94 bits per heavy atom. The number of aromatic nitrogens is 1. The lowest BCUT2D eigenvalue weighted by Crippen LogP contribution is -2.47. The maximum atomic E-state index is 6.10. The van der Waals surface area contributed by atoms with Gasteiger partial charge in [0, 0.05) is 29.8 Å². The summed E-state index contributed by atoms with van der Waals surface area (Å²) in [5.41, 5.74) is 7.31. The summed E-state index contributed by atoms with van der Waals surface area (Å²) in [7, 11) is 0. The molecule has 2 unspecified atom stereocenters. The quantitative estimate of drug-likeness (QED) is 0.860. The number of nitrogens with two attached hydrogens (primary N) is 1. The summed E-state index contributed by atoms with van der Waals surface area (Å²) in [6.07, 6.45) is 3.02. The van der Waals surface area contributed by atoms with Crippen LogP contribution in [0.15, 0.2) is 16.7 Å². The fourth-order valence-electron chi connectivity index (χ4n) is 2.00. The summed E-state index contributed by atoms with van der Waals surface area (Å²) < 4.78 is 1.06. The van der Waals surface area contributed by atoms with Crippen LogP contribution in [0.2, 0.25) is 0 Å². The van der Waals surface area contributed by atoms with Gasteiger partial charge in [0.2, 0.25) is 0 Å². The molecular weight excluding hydrogens is 266 g/mol. The normalized spacial score (nSPS) is 25.9. The molecule has 0 bridgehead atoms. The molecule has 88 valence electrons. The van der Waals surface area contributed by atoms with Crippen molar-refractivity contribution in [1.82, 2.24) is 4.98 Å². The Morgan fingerprint density at radius 1 is 1.56 bits per heavy atom. The van der Waals surface area contributed by atoms with Gasteiger partial charge in [0.15, 0.2) is 0 Å². The van der Waals surface area contributed by atoms with E-state index in [1.54, 1.807) is 0 Å². The minimum absolute atomic E-state index is 0.263. The van der Waals surface area contributed by atoms with E-state index < -0.39 is 0 Å². The highest BCUT2D eigenvalue weighted by Crippen LogP contribution is 2.24. The molecule has 0 amide bonds. The van der Waals surface area contributed by atoms with Crippen LogP contribution in [0.5, 0.6) is 0 Å². The number of anilines is 1. The second kappa shape index (κ2) is 4.72. The van der Waals surface area contributed by atoms with Gasteiger partial charge in [-0.25, -0.2) is 4.98 Å². The highest BCUT2D eigenvalue weighted by Gasteiger charge is 2.23. The number of nitrogens with zero attached hydrogens (tertiary/aromatic N) is 2. The van der Waals surface area contributed by atoms with Gasteiger partial charge in [-0.3, -0.25) is 0 Å². The van der Waals surface area contributed by atoms with E-state index in [2.05, 4.69) is 45.7 Å². The number of piperidine rings is 1. The van der Waals surface area contributed by atoms with Crippen molar-refractivity contribution in [2.75, 3.05) is 18.0 Å². The SMILES string of the molecule is Cc1cc(N2CCC(C)C(N)C2)ncc1Br. The lowest BCUT2D eigenvalue weighted by molar-refractivity contribution is 0.378. The van der Waals surface area contributed by atoms with Crippen LogP contribution in [-0.4, -0.2) is 24.1 Å². The molecular formula is C12H18BrN3. The first-order valence-corrected chi connectivity index (χ1v) is 6.50. The summed E-state index contributed by atoms with van der Waals surface area (Å²) in [6, 6.07) is 2.38. The van der Waals surface area contributed by atoms with Crippen molar-refractivity contribution in [3.63, 3.8) is 0 Å². The van der Waals surface area contributed by atoms with Crippen molar-refractivity contribution < 1.29 is 0 Å². The number of pyridine rings is 1. The minimum Gasteiger partial charge on any atom is -0.355 e. The van der Waals surface area contributed by atoms with Crippen LogP contribution in [0.25, 0.3) is 0 Å². The predicted molar refractivity (Wildman–Crippen MR) is 70.6 cm³/mol.